The van der Waals surface area contributed by atoms with Crippen LogP contribution in [0.25, 0.3) is 5.69 Å². The fraction of sp³-hybridized carbons (Fsp3) is 0.480. The maximum Gasteiger partial charge on any atom is 0.233 e. The lowest BCUT2D eigenvalue weighted by Gasteiger charge is -2.12. The molecule has 0 saturated heterocycles. The van der Waals surface area contributed by atoms with Gasteiger partial charge in [0.05, 0.1) is 17.9 Å². The summed E-state index contributed by atoms with van der Waals surface area (Å²) < 4.78 is 7.62. The van der Waals surface area contributed by atoms with Crippen molar-refractivity contribution in [2.75, 3.05) is 18.5 Å². The molecular formula is C25H34ClN5O. The molecule has 7 heteroatoms. The van der Waals surface area contributed by atoms with E-state index in [0.29, 0.717) is 35.8 Å². The van der Waals surface area contributed by atoms with Crippen molar-refractivity contribution in [3.05, 3.63) is 59.1 Å². The van der Waals surface area contributed by atoms with Gasteiger partial charge in [-0.05, 0) is 49.3 Å². The molecule has 6 nitrogen and oxygen atoms in total. The van der Waals surface area contributed by atoms with E-state index < -0.39 is 0 Å². The Morgan fingerprint density at radius 2 is 1.91 bits per heavy atom. The highest BCUT2D eigenvalue weighted by atomic mass is 35.5. The number of nitrogens with zero attached hydrogens (tertiary/aromatic N) is 4. The third-order valence-electron chi connectivity index (χ3n) is 5.66. The van der Waals surface area contributed by atoms with E-state index in [1.165, 1.54) is 18.4 Å². The van der Waals surface area contributed by atoms with Gasteiger partial charge in [-0.25, -0.2) is 14.6 Å². The lowest BCUT2D eigenvalue weighted by Crippen LogP contribution is -2.14. The molecule has 0 bridgehead atoms. The van der Waals surface area contributed by atoms with Crippen molar-refractivity contribution < 1.29 is 4.74 Å². The number of aromatic nitrogens is 4. The molecule has 0 radical (unpaired) electrons. The van der Waals surface area contributed by atoms with Gasteiger partial charge >= 0.3 is 0 Å². The molecule has 0 amide bonds. The Labute approximate surface area is 196 Å². The van der Waals surface area contributed by atoms with Crippen LogP contribution in [0.5, 0.6) is 5.88 Å². The minimum Gasteiger partial charge on any atom is -0.475 e. The van der Waals surface area contributed by atoms with Crippen LogP contribution in [0, 0.1) is 5.92 Å². The van der Waals surface area contributed by atoms with Crippen molar-refractivity contribution in [2.45, 2.75) is 59.3 Å². The summed E-state index contributed by atoms with van der Waals surface area (Å²) in [5, 5.41) is 8.36. The summed E-state index contributed by atoms with van der Waals surface area (Å²) in [7, 11) is 0. The van der Waals surface area contributed by atoms with Crippen LogP contribution in [0.15, 0.2) is 42.9 Å². The Kier molecular flexibility index (Phi) is 9.35. The highest BCUT2D eigenvalue weighted by Gasteiger charge is 2.10. The fourth-order valence-electron chi connectivity index (χ4n) is 3.34. The quantitative estimate of drug-likeness (QED) is 0.314. The maximum atomic E-state index is 6.50. The predicted octanol–water partition coefficient (Wildman–Crippen LogP) is 6.13. The first kappa shape index (κ1) is 24.1. The minimum absolute atomic E-state index is 0.454. The zero-order valence-electron chi connectivity index (χ0n) is 19.4. The Bertz CT molecular complexity index is 957. The zero-order valence-corrected chi connectivity index (χ0v) is 20.1. The molecule has 0 saturated carbocycles. The van der Waals surface area contributed by atoms with Crippen molar-refractivity contribution in [2.24, 2.45) is 5.92 Å². The number of hydrogen-bond donors (Lipinski definition) is 1. The normalized spacial score (nSPS) is 12.0. The summed E-state index contributed by atoms with van der Waals surface area (Å²) >= 11 is 6.50. The van der Waals surface area contributed by atoms with E-state index in [1.807, 2.05) is 16.9 Å². The molecule has 0 fully saturated rings. The highest BCUT2D eigenvalue weighted by Crippen LogP contribution is 2.24. The molecule has 172 valence electrons. The molecule has 0 aliphatic carbocycles. The molecule has 0 aliphatic rings. The molecular weight excluding hydrogens is 422 g/mol. The summed E-state index contributed by atoms with van der Waals surface area (Å²) in [4.78, 5) is 8.62. The van der Waals surface area contributed by atoms with Crippen LogP contribution in [0.2, 0.25) is 5.02 Å². The Morgan fingerprint density at radius 1 is 1.09 bits per heavy atom. The van der Waals surface area contributed by atoms with Gasteiger partial charge in [-0.3, -0.25) is 0 Å². The standard InChI is InChI=1S/C25H34ClN5O/c1-4-6-7-20-9-11-21(12-10-20)31-16-14-23(30-31)32-17-15-27-25-24(26)22(28-18-29-25)13-8-19(3)5-2/h9-12,14,16,18-19H,4-8,13,15,17H2,1-3H3,(H,27,28,29). The summed E-state index contributed by atoms with van der Waals surface area (Å²) in [5.41, 5.74) is 3.28. The fourth-order valence-corrected chi connectivity index (χ4v) is 3.60. The summed E-state index contributed by atoms with van der Waals surface area (Å²) in [6.07, 6.45) is 10.1. The molecule has 1 atom stereocenters. The van der Waals surface area contributed by atoms with E-state index in [9.17, 15) is 0 Å². The average molecular weight is 456 g/mol. The van der Waals surface area contributed by atoms with Gasteiger partial charge in [-0.1, -0.05) is 57.3 Å². The van der Waals surface area contributed by atoms with Crippen molar-refractivity contribution in [3.63, 3.8) is 0 Å². The smallest absolute Gasteiger partial charge is 0.233 e. The molecule has 1 aromatic carbocycles. The monoisotopic (exact) mass is 455 g/mol. The highest BCUT2D eigenvalue weighted by molar-refractivity contribution is 6.33. The number of ether oxygens (including phenoxy) is 1. The third-order valence-corrected chi connectivity index (χ3v) is 6.06. The third kappa shape index (κ3) is 6.95. The summed E-state index contributed by atoms with van der Waals surface area (Å²) in [5.74, 6) is 1.90. The molecule has 2 aromatic heterocycles. The van der Waals surface area contributed by atoms with Gasteiger partial charge in [0.15, 0.2) is 0 Å². The second kappa shape index (κ2) is 12.4. The van der Waals surface area contributed by atoms with E-state index in [2.05, 4.69) is 65.4 Å². The van der Waals surface area contributed by atoms with Gasteiger partial charge in [0.25, 0.3) is 0 Å². The van der Waals surface area contributed by atoms with Crippen LogP contribution < -0.4 is 10.1 Å². The number of aryl methyl sites for hydroxylation is 2. The zero-order chi connectivity index (χ0) is 22.8. The minimum atomic E-state index is 0.454. The van der Waals surface area contributed by atoms with Crippen molar-refractivity contribution in [1.29, 1.82) is 0 Å². The van der Waals surface area contributed by atoms with Gasteiger partial charge in [0, 0.05) is 12.3 Å². The predicted molar refractivity (Wildman–Crippen MR) is 131 cm³/mol. The SMILES string of the molecule is CCCCc1ccc(-n2ccc(OCCNc3ncnc(CCC(C)CC)c3Cl)n2)cc1. The molecule has 1 unspecified atom stereocenters. The number of rotatable bonds is 13. The van der Waals surface area contributed by atoms with Crippen LogP contribution in [0.1, 0.15) is 57.7 Å². The van der Waals surface area contributed by atoms with Crippen molar-refractivity contribution >= 4 is 17.4 Å². The lowest BCUT2D eigenvalue weighted by atomic mass is 10.0. The van der Waals surface area contributed by atoms with Crippen LogP contribution >= 0.6 is 11.6 Å². The summed E-state index contributed by atoms with van der Waals surface area (Å²) in [6, 6.07) is 10.4. The van der Waals surface area contributed by atoms with E-state index in [-0.39, 0.29) is 0 Å². The average Bonchev–Trinajstić information content (AvgIpc) is 3.29. The van der Waals surface area contributed by atoms with E-state index in [4.69, 9.17) is 16.3 Å². The first-order valence-corrected chi connectivity index (χ1v) is 12.0. The molecule has 32 heavy (non-hydrogen) atoms. The molecule has 3 aromatic rings. The van der Waals surface area contributed by atoms with Crippen LogP contribution in [0.4, 0.5) is 5.82 Å². The van der Waals surface area contributed by atoms with Crippen LogP contribution in [-0.2, 0) is 12.8 Å². The van der Waals surface area contributed by atoms with Crippen LogP contribution in [0.3, 0.4) is 0 Å². The largest absolute Gasteiger partial charge is 0.475 e. The van der Waals surface area contributed by atoms with Gasteiger partial charge in [0.2, 0.25) is 5.88 Å². The second-order valence-corrected chi connectivity index (χ2v) is 8.56. The Balaban J connectivity index is 1.47. The maximum absolute atomic E-state index is 6.50. The molecule has 3 rings (SSSR count). The number of unbranched alkanes of at least 4 members (excludes halogenated alkanes) is 1. The number of hydrogen-bond acceptors (Lipinski definition) is 5. The van der Waals surface area contributed by atoms with Crippen molar-refractivity contribution in [1.82, 2.24) is 19.7 Å². The summed E-state index contributed by atoms with van der Waals surface area (Å²) in [6.45, 7) is 7.68. The Hall–Kier alpha value is -2.60. The van der Waals surface area contributed by atoms with Gasteiger partial charge in [0.1, 0.15) is 23.8 Å². The topological polar surface area (TPSA) is 64.9 Å². The molecule has 0 spiro atoms. The van der Waals surface area contributed by atoms with Gasteiger partial charge in [-0.2, -0.15) is 0 Å². The Morgan fingerprint density at radius 3 is 2.66 bits per heavy atom. The lowest BCUT2D eigenvalue weighted by molar-refractivity contribution is 0.317. The molecule has 2 heterocycles. The second-order valence-electron chi connectivity index (χ2n) is 8.18. The number of anilines is 1. The molecule has 0 aliphatic heterocycles. The molecule has 1 N–H and O–H groups in total. The van der Waals surface area contributed by atoms with Gasteiger partial charge < -0.3 is 10.1 Å². The van der Waals surface area contributed by atoms with Crippen molar-refractivity contribution in [3.8, 4) is 11.6 Å². The van der Waals surface area contributed by atoms with E-state index >= 15 is 0 Å². The van der Waals surface area contributed by atoms with Crippen LogP contribution in [-0.4, -0.2) is 32.9 Å². The van der Waals surface area contributed by atoms with E-state index in [0.717, 1.165) is 37.1 Å². The first-order valence-electron chi connectivity index (χ1n) is 11.6. The number of benzene rings is 1. The number of nitrogens with one attached hydrogen (secondary N) is 1. The first-order chi connectivity index (χ1) is 15.6. The van der Waals surface area contributed by atoms with E-state index in [1.54, 1.807) is 6.33 Å². The number of halogens is 1. The van der Waals surface area contributed by atoms with Gasteiger partial charge in [-0.15, -0.1) is 5.10 Å².